The highest BCUT2D eigenvalue weighted by Crippen LogP contribution is 2.22. The van der Waals surface area contributed by atoms with Crippen LogP contribution in [0.25, 0.3) is 10.9 Å². The summed E-state index contributed by atoms with van der Waals surface area (Å²) < 4.78 is 0. The molecule has 2 rings (SSSR count). The number of aryl methyl sites for hydroxylation is 1. The number of carbonyl (C=O) groups is 1. The number of H-pyrrole nitrogens is 1. The highest BCUT2D eigenvalue weighted by atomic mass is 16.3. The van der Waals surface area contributed by atoms with Gasteiger partial charge in [0.1, 0.15) is 6.61 Å². The molecule has 0 saturated carbocycles. The molecule has 0 aliphatic carbocycles. The molecule has 1 amide bonds. The predicted octanol–water partition coefficient (Wildman–Crippen LogP) is 1.47. The Hall–Kier alpha value is -1.81. The van der Waals surface area contributed by atoms with Gasteiger partial charge in [-0.15, -0.1) is 0 Å². The third-order valence-electron chi connectivity index (χ3n) is 3.29. The quantitative estimate of drug-likeness (QED) is 0.858. The smallest absolute Gasteiger partial charge is 0.248 e. The number of fused-ring (bicyclic) bond motifs is 1. The van der Waals surface area contributed by atoms with E-state index < -0.39 is 6.61 Å². The van der Waals surface area contributed by atoms with E-state index in [1.807, 2.05) is 19.1 Å². The molecule has 2 aromatic rings. The number of amides is 1. The zero-order chi connectivity index (χ0) is 13.1. The van der Waals surface area contributed by atoms with Gasteiger partial charge in [-0.1, -0.05) is 18.2 Å². The minimum atomic E-state index is -0.427. The number of para-hydroxylation sites is 1. The van der Waals surface area contributed by atoms with E-state index in [0.29, 0.717) is 6.54 Å². The number of carbonyl (C=O) groups excluding carboxylic acids is 1. The van der Waals surface area contributed by atoms with E-state index in [1.165, 1.54) is 10.9 Å². The van der Waals surface area contributed by atoms with Crippen LogP contribution in [0, 0.1) is 6.92 Å². The molecule has 0 bridgehead atoms. The summed E-state index contributed by atoms with van der Waals surface area (Å²) in [5, 5.41) is 10.00. The second-order valence-corrected chi connectivity index (χ2v) is 4.50. The topological polar surface area (TPSA) is 56.3 Å². The van der Waals surface area contributed by atoms with Gasteiger partial charge in [0, 0.05) is 30.2 Å². The lowest BCUT2D eigenvalue weighted by Gasteiger charge is -2.15. The molecule has 0 aliphatic rings. The summed E-state index contributed by atoms with van der Waals surface area (Å²) in [7, 11) is 1.71. The minimum absolute atomic E-state index is 0.243. The molecule has 0 radical (unpaired) electrons. The standard InChI is InChI=1S/C14H18N2O2/c1-10-11(7-8-16(2)14(18)9-17)12-5-3-4-6-13(12)15-10/h3-6,15,17H,7-9H2,1-2H3. The van der Waals surface area contributed by atoms with Crippen LogP contribution in [0.2, 0.25) is 0 Å². The lowest BCUT2D eigenvalue weighted by molar-refractivity contribution is -0.132. The fourth-order valence-corrected chi connectivity index (χ4v) is 2.18. The van der Waals surface area contributed by atoms with Crippen LogP contribution in [0.3, 0.4) is 0 Å². The van der Waals surface area contributed by atoms with Gasteiger partial charge in [-0.2, -0.15) is 0 Å². The largest absolute Gasteiger partial charge is 0.387 e. The Morgan fingerprint density at radius 3 is 2.83 bits per heavy atom. The molecule has 4 nitrogen and oxygen atoms in total. The van der Waals surface area contributed by atoms with Crippen molar-refractivity contribution in [2.45, 2.75) is 13.3 Å². The van der Waals surface area contributed by atoms with Crippen molar-refractivity contribution in [1.29, 1.82) is 0 Å². The van der Waals surface area contributed by atoms with Gasteiger partial charge in [-0.25, -0.2) is 0 Å². The second-order valence-electron chi connectivity index (χ2n) is 4.50. The Labute approximate surface area is 106 Å². The lowest BCUT2D eigenvalue weighted by Crippen LogP contribution is -2.31. The molecule has 0 aliphatic heterocycles. The Bertz CT molecular complexity index is 560. The number of rotatable bonds is 4. The molecular weight excluding hydrogens is 228 g/mol. The number of nitrogens with one attached hydrogen (secondary N) is 1. The van der Waals surface area contributed by atoms with Crippen molar-refractivity contribution in [3.63, 3.8) is 0 Å². The molecule has 1 aromatic carbocycles. The van der Waals surface area contributed by atoms with Gasteiger partial charge in [0.2, 0.25) is 5.91 Å². The van der Waals surface area contributed by atoms with E-state index in [-0.39, 0.29) is 5.91 Å². The summed E-state index contributed by atoms with van der Waals surface area (Å²) in [6, 6.07) is 8.15. The van der Waals surface area contributed by atoms with Crippen LogP contribution < -0.4 is 0 Å². The monoisotopic (exact) mass is 246 g/mol. The normalized spacial score (nSPS) is 10.8. The number of hydrogen-bond acceptors (Lipinski definition) is 2. The molecule has 0 unspecified atom stereocenters. The van der Waals surface area contributed by atoms with Crippen LogP contribution in [-0.4, -0.2) is 41.1 Å². The molecule has 2 N–H and O–H groups in total. The van der Waals surface area contributed by atoms with E-state index in [2.05, 4.69) is 17.1 Å². The minimum Gasteiger partial charge on any atom is -0.387 e. The number of aliphatic hydroxyl groups is 1. The maximum absolute atomic E-state index is 11.3. The van der Waals surface area contributed by atoms with Crippen molar-refractivity contribution < 1.29 is 9.90 Å². The van der Waals surface area contributed by atoms with Gasteiger partial charge in [0.25, 0.3) is 0 Å². The van der Waals surface area contributed by atoms with E-state index in [0.717, 1.165) is 17.6 Å². The van der Waals surface area contributed by atoms with Crippen LogP contribution in [0.1, 0.15) is 11.3 Å². The number of benzene rings is 1. The summed E-state index contributed by atoms with van der Waals surface area (Å²) in [6.07, 6.45) is 0.790. The summed E-state index contributed by atoms with van der Waals surface area (Å²) >= 11 is 0. The highest BCUT2D eigenvalue weighted by Gasteiger charge is 2.11. The van der Waals surface area contributed by atoms with E-state index in [1.54, 1.807) is 11.9 Å². The molecule has 0 saturated heterocycles. The van der Waals surface area contributed by atoms with Crippen molar-refractivity contribution in [2.75, 3.05) is 20.2 Å². The Balaban J connectivity index is 2.17. The van der Waals surface area contributed by atoms with Gasteiger partial charge in [0.15, 0.2) is 0 Å². The fraction of sp³-hybridized carbons (Fsp3) is 0.357. The third kappa shape index (κ3) is 2.38. The summed E-state index contributed by atoms with van der Waals surface area (Å²) in [6.45, 7) is 2.23. The van der Waals surface area contributed by atoms with E-state index in [9.17, 15) is 4.79 Å². The first-order valence-corrected chi connectivity index (χ1v) is 6.04. The maximum atomic E-state index is 11.3. The van der Waals surface area contributed by atoms with Gasteiger partial charge in [-0.05, 0) is 25.0 Å². The second kappa shape index (κ2) is 5.23. The first-order chi connectivity index (χ1) is 8.63. The summed E-state index contributed by atoms with van der Waals surface area (Å²) in [5.74, 6) is -0.243. The molecule has 4 heteroatoms. The zero-order valence-electron chi connectivity index (χ0n) is 10.7. The van der Waals surface area contributed by atoms with Crippen LogP contribution in [-0.2, 0) is 11.2 Å². The molecule has 0 atom stereocenters. The molecule has 0 fully saturated rings. The van der Waals surface area contributed by atoms with Crippen molar-refractivity contribution in [3.8, 4) is 0 Å². The number of aromatic nitrogens is 1. The van der Waals surface area contributed by atoms with Gasteiger partial charge in [-0.3, -0.25) is 4.79 Å². The van der Waals surface area contributed by atoms with Crippen LogP contribution >= 0.6 is 0 Å². The molecule has 0 spiro atoms. The first-order valence-electron chi connectivity index (χ1n) is 6.04. The average molecular weight is 246 g/mol. The van der Waals surface area contributed by atoms with Crippen molar-refractivity contribution >= 4 is 16.8 Å². The van der Waals surface area contributed by atoms with E-state index in [4.69, 9.17) is 5.11 Å². The zero-order valence-corrected chi connectivity index (χ0v) is 10.7. The number of nitrogens with zero attached hydrogens (tertiary/aromatic N) is 1. The van der Waals surface area contributed by atoms with Gasteiger partial charge in [0.05, 0.1) is 0 Å². The number of likely N-dealkylation sites (N-methyl/N-ethyl adjacent to an activating group) is 1. The molecule has 1 heterocycles. The third-order valence-corrected chi connectivity index (χ3v) is 3.29. The number of aromatic amines is 1. The molecule has 18 heavy (non-hydrogen) atoms. The van der Waals surface area contributed by atoms with Crippen molar-refractivity contribution in [1.82, 2.24) is 9.88 Å². The fourth-order valence-electron chi connectivity index (χ4n) is 2.18. The van der Waals surface area contributed by atoms with Crippen LogP contribution in [0.4, 0.5) is 0 Å². The Morgan fingerprint density at radius 1 is 1.39 bits per heavy atom. The van der Waals surface area contributed by atoms with Crippen LogP contribution in [0.15, 0.2) is 24.3 Å². The molecule has 96 valence electrons. The number of aliphatic hydroxyl groups excluding tert-OH is 1. The predicted molar refractivity (Wildman–Crippen MR) is 71.5 cm³/mol. The SMILES string of the molecule is Cc1[nH]c2ccccc2c1CCN(C)C(=O)CO. The average Bonchev–Trinajstić information content (AvgIpc) is 2.70. The lowest BCUT2D eigenvalue weighted by atomic mass is 10.1. The van der Waals surface area contributed by atoms with Crippen molar-refractivity contribution in [2.24, 2.45) is 0 Å². The summed E-state index contributed by atoms with van der Waals surface area (Å²) in [5.41, 5.74) is 3.50. The van der Waals surface area contributed by atoms with E-state index >= 15 is 0 Å². The molecule has 1 aromatic heterocycles. The molecular formula is C14H18N2O2. The maximum Gasteiger partial charge on any atom is 0.248 e. The van der Waals surface area contributed by atoms with Gasteiger partial charge < -0.3 is 15.0 Å². The van der Waals surface area contributed by atoms with Crippen molar-refractivity contribution in [3.05, 3.63) is 35.5 Å². The highest BCUT2D eigenvalue weighted by molar-refractivity contribution is 5.84. The van der Waals surface area contributed by atoms with Crippen LogP contribution in [0.5, 0.6) is 0 Å². The first kappa shape index (κ1) is 12.6. The summed E-state index contributed by atoms with van der Waals surface area (Å²) in [4.78, 5) is 16.2. The number of hydrogen-bond donors (Lipinski definition) is 2. The Kier molecular flexibility index (Phi) is 3.67. The van der Waals surface area contributed by atoms with Gasteiger partial charge >= 0.3 is 0 Å². The Morgan fingerprint density at radius 2 is 2.11 bits per heavy atom.